The van der Waals surface area contributed by atoms with E-state index in [0.717, 1.165) is 5.56 Å². The molecule has 1 aromatic carbocycles. The first-order chi connectivity index (χ1) is 8.19. The van der Waals surface area contributed by atoms with Gasteiger partial charge in [0.25, 0.3) is 0 Å². The smallest absolute Gasteiger partial charge is 0.202 e. The highest BCUT2D eigenvalue weighted by Gasteiger charge is 2.11. The highest BCUT2D eigenvalue weighted by molar-refractivity contribution is 6.30. The van der Waals surface area contributed by atoms with Gasteiger partial charge in [-0.25, -0.2) is 0 Å². The average Bonchev–Trinajstić information content (AvgIpc) is 2.77. The van der Waals surface area contributed by atoms with Crippen molar-refractivity contribution in [3.63, 3.8) is 0 Å². The van der Waals surface area contributed by atoms with E-state index in [2.05, 4.69) is 0 Å². The van der Waals surface area contributed by atoms with Gasteiger partial charge in [-0.15, -0.1) is 0 Å². The molecule has 4 heteroatoms. The van der Waals surface area contributed by atoms with Crippen LogP contribution in [-0.2, 0) is 13.0 Å². The maximum Gasteiger partial charge on any atom is 0.202 e. The largest absolute Gasteiger partial charge is 0.457 e. The van der Waals surface area contributed by atoms with E-state index in [-0.39, 0.29) is 12.2 Å². The highest BCUT2D eigenvalue weighted by Crippen LogP contribution is 2.14. The van der Waals surface area contributed by atoms with Crippen molar-refractivity contribution >= 4 is 17.4 Å². The molecule has 0 aliphatic rings. The quantitative estimate of drug-likeness (QED) is 0.848. The van der Waals surface area contributed by atoms with Gasteiger partial charge >= 0.3 is 0 Å². The summed E-state index contributed by atoms with van der Waals surface area (Å²) in [4.78, 5) is 11.9. The third-order valence-corrected chi connectivity index (χ3v) is 2.63. The molecule has 0 fully saturated rings. The standard InChI is InChI=1S/C13H12ClNO2/c14-10-3-1-2-9(6-10)7-12(16)13-5-4-11(8-15)17-13/h1-6H,7-8,15H2. The van der Waals surface area contributed by atoms with Crippen LogP contribution in [0.25, 0.3) is 0 Å². The van der Waals surface area contributed by atoms with Crippen molar-refractivity contribution < 1.29 is 9.21 Å². The summed E-state index contributed by atoms with van der Waals surface area (Å²) in [5.74, 6) is 0.872. The van der Waals surface area contributed by atoms with E-state index in [9.17, 15) is 4.79 Å². The lowest BCUT2D eigenvalue weighted by molar-refractivity contribution is 0.0964. The number of ketones is 1. The van der Waals surface area contributed by atoms with Crippen LogP contribution in [0.5, 0.6) is 0 Å². The zero-order chi connectivity index (χ0) is 12.3. The van der Waals surface area contributed by atoms with Gasteiger partial charge in [0.2, 0.25) is 5.78 Å². The monoisotopic (exact) mass is 249 g/mol. The predicted octanol–water partition coefficient (Wildman–Crippen LogP) is 2.82. The molecule has 17 heavy (non-hydrogen) atoms. The van der Waals surface area contributed by atoms with Crippen molar-refractivity contribution in [1.82, 2.24) is 0 Å². The van der Waals surface area contributed by atoms with Crippen molar-refractivity contribution in [3.8, 4) is 0 Å². The van der Waals surface area contributed by atoms with Gasteiger partial charge in [0.1, 0.15) is 5.76 Å². The van der Waals surface area contributed by atoms with Crippen LogP contribution in [0, 0.1) is 0 Å². The number of furan rings is 1. The molecule has 1 aromatic heterocycles. The lowest BCUT2D eigenvalue weighted by Crippen LogP contribution is -2.02. The minimum atomic E-state index is -0.0769. The molecule has 88 valence electrons. The average molecular weight is 250 g/mol. The summed E-state index contributed by atoms with van der Waals surface area (Å²) in [5, 5.41) is 0.623. The Morgan fingerprint density at radius 1 is 1.29 bits per heavy atom. The van der Waals surface area contributed by atoms with Gasteiger partial charge in [0.15, 0.2) is 5.76 Å². The van der Waals surface area contributed by atoms with Crippen molar-refractivity contribution in [2.75, 3.05) is 0 Å². The number of halogens is 1. The summed E-state index contributed by atoms with van der Waals surface area (Å²) < 4.78 is 5.29. The number of carbonyl (C=O) groups is 1. The van der Waals surface area contributed by atoms with Gasteiger partial charge in [-0.2, -0.15) is 0 Å². The number of benzene rings is 1. The summed E-state index contributed by atoms with van der Waals surface area (Å²) in [6, 6.07) is 10.6. The lowest BCUT2D eigenvalue weighted by Gasteiger charge is -1.99. The molecule has 0 radical (unpaired) electrons. The Kier molecular flexibility index (Phi) is 3.61. The zero-order valence-corrected chi connectivity index (χ0v) is 9.91. The molecule has 0 amide bonds. The van der Waals surface area contributed by atoms with Crippen LogP contribution >= 0.6 is 11.6 Å². The Balaban J connectivity index is 2.11. The van der Waals surface area contributed by atoms with Crippen molar-refractivity contribution in [3.05, 3.63) is 58.5 Å². The molecule has 3 nitrogen and oxygen atoms in total. The summed E-state index contributed by atoms with van der Waals surface area (Å²) >= 11 is 5.85. The van der Waals surface area contributed by atoms with Gasteiger partial charge in [0.05, 0.1) is 6.54 Å². The first-order valence-corrected chi connectivity index (χ1v) is 5.63. The van der Waals surface area contributed by atoms with Crippen molar-refractivity contribution in [1.29, 1.82) is 0 Å². The highest BCUT2D eigenvalue weighted by atomic mass is 35.5. The van der Waals surface area contributed by atoms with Gasteiger partial charge in [0, 0.05) is 11.4 Å². The first-order valence-electron chi connectivity index (χ1n) is 5.25. The molecule has 0 unspecified atom stereocenters. The van der Waals surface area contributed by atoms with Crippen LogP contribution in [0.4, 0.5) is 0 Å². The van der Waals surface area contributed by atoms with Crippen LogP contribution in [0.2, 0.25) is 5.02 Å². The summed E-state index contributed by atoms with van der Waals surface area (Å²) in [5.41, 5.74) is 6.28. The van der Waals surface area contributed by atoms with E-state index in [0.29, 0.717) is 23.1 Å². The van der Waals surface area contributed by atoms with Gasteiger partial charge < -0.3 is 10.2 Å². The fourth-order valence-electron chi connectivity index (χ4n) is 1.56. The Bertz CT molecular complexity index is 534. The predicted molar refractivity (Wildman–Crippen MR) is 66.1 cm³/mol. The number of carbonyl (C=O) groups excluding carboxylic acids is 1. The van der Waals surface area contributed by atoms with Crippen LogP contribution in [0.15, 0.2) is 40.8 Å². The molecule has 0 spiro atoms. The third-order valence-electron chi connectivity index (χ3n) is 2.39. The molecule has 0 atom stereocenters. The molecule has 0 saturated carbocycles. The van der Waals surface area contributed by atoms with E-state index < -0.39 is 0 Å². The van der Waals surface area contributed by atoms with Crippen molar-refractivity contribution in [2.24, 2.45) is 5.73 Å². The van der Waals surface area contributed by atoms with Crippen LogP contribution < -0.4 is 5.73 Å². The summed E-state index contributed by atoms with van der Waals surface area (Å²) in [6.45, 7) is 0.296. The molecule has 1 heterocycles. The molecule has 2 N–H and O–H groups in total. The van der Waals surface area contributed by atoms with E-state index in [1.54, 1.807) is 24.3 Å². The summed E-state index contributed by atoms with van der Waals surface area (Å²) in [7, 11) is 0. The van der Waals surface area contributed by atoms with E-state index >= 15 is 0 Å². The number of hydrogen-bond donors (Lipinski definition) is 1. The Hall–Kier alpha value is -1.58. The van der Waals surface area contributed by atoms with E-state index in [1.165, 1.54) is 0 Å². The zero-order valence-electron chi connectivity index (χ0n) is 9.15. The normalized spacial score (nSPS) is 10.5. The van der Waals surface area contributed by atoms with Crippen LogP contribution in [0.1, 0.15) is 21.9 Å². The second-order valence-corrected chi connectivity index (χ2v) is 4.14. The topological polar surface area (TPSA) is 56.2 Å². The Morgan fingerprint density at radius 2 is 2.12 bits per heavy atom. The molecular weight excluding hydrogens is 238 g/mol. The van der Waals surface area contributed by atoms with Gasteiger partial charge in [-0.05, 0) is 29.8 Å². The third kappa shape index (κ3) is 2.96. The number of nitrogens with two attached hydrogens (primary N) is 1. The van der Waals surface area contributed by atoms with Crippen LogP contribution in [-0.4, -0.2) is 5.78 Å². The summed E-state index contributed by atoms with van der Waals surface area (Å²) in [6.07, 6.45) is 0.276. The second-order valence-electron chi connectivity index (χ2n) is 3.70. The molecule has 0 saturated heterocycles. The fraction of sp³-hybridized carbons (Fsp3) is 0.154. The molecule has 0 bridgehead atoms. The molecule has 0 aliphatic carbocycles. The maximum absolute atomic E-state index is 11.9. The molecule has 2 rings (SSSR count). The number of Topliss-reactive ketones (excluding diaryl/α,β-unsaturated/α-hetero) is 1. The van der Waals surface area contributed by atoms with Crippen LogP contribution in [0.3, 0.4) is 0 Å². The fourth-order valence-corrected chi connectivity index (χ4v) is 1.77. The number of rotatable bonds is 4. The minimum absolute atomic E-state index is 0.0769. The SMILES string of the molecule is NCc1ccc(C(=O)Cc2cccc(Cl)c2)o1. The first kappa shape index (κ1) is 11.9. The second kappa shape index (κ2) is 5.17. The minimum Gasteiger partial charge on any atom is -0.457 e. The maximum atomic E-state index is 11.9. The van der Waals surface area contributed by atoms with Gasteiger partial charge in [-0.3, -0.25) is 4.79 Å². The van der Waals surface area contributed by atoms with E-state index in [4.69, 9.17) is 21.8 Å². The molecule has 0 aliphatic heterocycles. The van der Waals surface area contributed by atoms with Crippen molar-refractivity contribution in [2.45, 2.75) is 13.0 Å². The number of hydrogen-bond acceptors (Lipinski definition) is 3. The van der Waals surface area contributed by atoms with E-state index in [1.807, 2.05) is 12.1 Å². The lowest BCUT2D eigenvalue weighted by atomic mass is 10.1. The Labute approximate surface area is 104 Å². The Morgan fingerprint density at radius 3 is 2.76 bits per heavy atom. The van der Waals surface area contributed by atoms with Gasteiger partial charge in [-0.1, -0.05) is 23.7 Å². The molecule has 2 aromatic rings. The molecular formula is C13H12ClNO2.